The first-order valence-corrected chi connectivity index (χ1v) is 6.43. The Morgan fingerprint density at radius 1 is 1.26 bits per heavy atom. The summed E-state index contributed by atoms with van der Waals surface area (Å²) in [5.74, 6) is -0.767. The number of nitrogens with one attached hydrogen (secondary N) is 2. The third-order valence-corrected chi connectivity index (χ3v) is 3.58. The lowest BCUT2D eigenvalue weighted by Crippen LogP contribution is -2.40. The summed E-state index contributed by atoms with van der Waals surface area (Å²) >= 11 is 0. The van der Waals surface area contributed by atoms with E-state index >= 15 is 0 Å². The molecule has 1 atom stereocenters. The lowest BCUT2D eigenvalue weighted by Gasteiger charge is -2.32. The molecule has 1 amide bonds. The summed E-state index contributed by atoms with van der Waals surface area (Å²) in [7, 11) is 1.57. The molecule has 0 saturated heterocycles. The van der Waals surface area contributed by atoms with Gasteiger partial charge in [0.05, 0.1) is 0 Å². The van der Waals surface area contributed by atoms with Gasteiger partial charge in [0, 0.05) is 18.3 Å². The average molecular weight is 262 g/mol. The topological polar surface area (TPSA) is 78.4 Å². The van der Waals surface area contributed by atoms with Crippen LogP contribution in [0.2, 0.25) is 0 Å². The number of aliphatic carboxylic acids is 1. The number of carbonyl (C=O) groups excluding carboxylic acids is 1. The van der Waals surface area contributed by atoms with E-state index in [1.165, 1.54) is 0 Å². The van der Waals surface area contributed by atoms with Crippen molar-refractivity contribution in [3.05, 3.63) is 29.8 Å². The monoisotopic (exact) mass is 262 g/mol. The highest BCUT2D eigenvalue weighted by atomic mass is 16.4. The van der Waals surface area contributed by atoms with Gasteiger partial charge in [-0.25, -0.2) is 4.79 Å². The highest BCUT2D eigenvalue weighted by Crippen LogP contribution is 2.31. The van der Waals surface area contributed by atoms with Crippen LogP contribution in [0.3, 0.4) is 0 Å². The second kappa shape index (κ2) is 5.73. The van der Waals surface area contributed by atoms with E-state index in [4.69, 9.17) is 0 Å². The van der Waals surface area contributed by atoms with Gasteiger partial charge >= 0.3 is 5.97 Å². The van der Waals surface area contributed by atoms with E-state index < -0.39 is 12.0 Å². The van der Waals surface area contributed by atoms with E-state index in [0.29, 0.717) is 5.56 Å². The van der Waals surface area contributed by atoms with Crippen LogP contribution in [0.25, 0.3) is 0 Å². The van der Waals surface area contributed by atoms with E-state index in [9.17, 15) is 14.7 Å². The van der Waals surface area contributed by atoms with Crippen LogP contribution in [-0.2, 0) is 4.79 Å². The van der Waals surface area contributed by atoms with Crippen LogP contribution in [0.1, 0.15) is 29.6 Å². The summed E-state index contributed by atoms with van der Waals surface area (Å²) in [6.07, 6.45) is 3.02. The Morgan fingerprint density at radius 2 is 1.89 bits per heavy atom. The van der Waals surface area contributed by atoms with Crippen molar-refractivity contribution >= 4 is 17.6 Å². The third kappa shape index (κ3) is 3.05. The minimum atomic E-state index is -0.819. The molecule has 1 saturated carbocycles. The molecule has 0 aliphatic heterocycles. The SMILES string of the molecule is CNC(=O)c1ccc(N[C@@H](C(=O)O)C2CCC2)cc1. The molecule has 0 radical (unpaired) electrons. The van der Waals surface area contributed by atoms with E-state index in [0.717, 1.165) is 24.9 Å². The standard InChI is InChI=1S/C14H18N2O3/c1-15-13(17)10-5-7-11(8-6-10)16-12(14(18)19)9-3-2-4-9/h5-9,12,16H,2-4H2,1H3,(H,15,17)(H,18,19)/t12-/m1/s1. The van der Waals surface area contributed by atoms with Crippen LogP contribution in [0.15, 0.2) is 24.3 Å². The van der Waals surface area contributed by atoms with Gasteiger partial charge in [-0.3, -0.25) is 4.79 Å². The van der Waals surface area contributed by atoms with E-state index in [2.05, 4.69) is 10.6 Å². The molecule has 0 heterocycles. The lowest BCUT2D eigenvalue weighted by atomic mass is 9.79. The first-order chi connectivity index (χ1) is 9.11. The van der Waals surface area contributed by atoms with Gasteiger partial charge in [0.25, 0.3) is 5.91 Å². The Labute approximate surface area is 112 Å². The molecular weight excluding hydrogens is 244 g/mol. The zero-order valence-corrected chi connectivity index (χ0v) is 10.8. The molecule has 1 fully saturated rings. The Bertz CT molecular complexity index is 466. The molecule has 19 heavy (non-hydrogen) atoms. The minimum absolute atomic E-state index is 0.152. The number of amides is 1. The van der Waals surface area contributed by atoms with Crippen LogP contribution in [0.4, 0.5) is 5.69 Å². The van der Waals surface area contributed by atoms with Crippen LogP contribution in [-0.4, -0.2) is 30.1 Å². The van der Waals surface area contributed by atoms with Crippen molar-refractivity contribution in [2.45, 2.75) is 25.3 Å². The van der Waals surface area contributed by atoms with Gasteiger partial charge in [-0.05, 0) is 43.0 Å². The molecule has 1 aliphatic carbocycles. The molecule has 2 rings (SSSR count). The fourth-order valence-electron chi connectivity index (χ4n) is 2.20. The highest BCUT2D eigenvalue weighted by Gasteiger charge is 2.32. The molecular formula is C14H18N2O3. The summed E-state index contributed by atoms with van der Waals surface area (Å²) < 4.78 is 0. The predicted octanol–water partition coefficient (Wildman–Crippen LogP) is 1.71. The Kier molecular flexibility index (Phi) is 4.04. The molecule has 1 aliphatic rings. The molecule has 102 valence electrons. The number of hydrogen-bond acceptors (Lipinski definition) is 3. The van der Waals surface area contributed by atoms with Crippen LogP contribution >= 0.6 is 0 Å². The van der Waals surface area contributed by atoms with Crippen LogP contribution < -0.4 is 10.6 Å². The van der Waals surface area contributed by atoms with Gasteiger partial charge in [0.1, 0.15) is 6.04 Å². The summed E-state index contributed by atoms with van der Waals surface area (Å²) in [4.78, 5) is 22.6. The second-order valence-electron chi connectivity index (χ2n) is 4.81. The molecule has 1 aromatic rings. The molecule has 0 spiro atoms. The maximum Gasteiger partial charge on any atom is 0.326 e. The predicted molar refractivity (Wildman–Crippen MR) is 72.2 cm³/mol. The molecule has 5 nitrogen and oxygen atoms in total. The van der Waals surface area contributed by atoms with Crippen LogP contribution in [0, 0.1) is 5.92 Å². The van der Waals surface area contributed by atoms with E-state index in [-0.39, 0.29) is 11.8 Å². The summed E-state index contributed by atoms with van der Waals surface area (Å²) in [5, 5.41) is 14.8. The maximum absolute atomic E-state index is 11.4. The quantitative estimate of drug-likeness (QED) is 0.755. The fraction of sp³-hybridized carbons (Fsp3) is 0.429. The number of benzene rings is 1. The minimum Gasteiger partial charge on any atom is -0.480 e. The number of carboxylic acid groups (broad SMARTS) is 1. The van der Waals surface area contributed by atoms with Crippen molar-refractivity contribution in [3.8, 4) is 0 Å². The number of hydrogen-bond donors (Lipinski definition) is 3. The summed E-state index contributed by atoms with van der Waals surface area (Å²) in [5.41, 5.74) is 1.29. The molecule has 5 heteroatoms. The molecule has 0 unspecified atom stereocenters. The van der Waals surface area contributed by atoms with Gasteiger partial charge in [-0.2, -0.15) is 0 Å². The third-order valence-electron chi connectivity index (χ3n) is 3.58. The Balaban J connectivity index is 2.05. The van der Waals surface area contributed by atoms with Crippen molar-refractivity contribution < 1.29 is 14.7 Å². The second-order valence-corrected chi connectivity index (χ2v) is 4.81. The van der Waals surface area contributed by atoms with Gasteiger partial charge in [-0.1, -0.05) is 6.42 Å². The zero-order valence-electron chi connectivity index (χ0n) is 10.8. The largest absolute Gasteiger partial charge is 0.480 e. The molecule has 0 aromatic heterocycles. The van der Waals surface area contributed by atoms with Crippen molar-refractivity contribution in [2.75, 3.05) is 12.4 Å². The zero-order chi connectivity index (χ0) is 13.8. The first kappa shape index (κ1) is 13.4. The fourth-order valence-corrected chi connectivity index (χ4v) is 2.20. The Hall–Kier alpha value is -2.04. The number of carbonyl (C=O) groups is 2. The summed E-state index contributed by atoms with van der Waals surface area (Å²) in [6.45, 7) is 0. The smallest absolute Gasteiger partial charge is 0.326 e. The Morgan fingerprint density at radius 3 is 2.32 bits per heavy atom. The summed E-state index contributed by atoms with van der Waals surface area (Å²) in [6, 6.07) is 6.29. The van der Waals surface area contributed by atoms with Gasteiger partial charge in [0.2, 0.25) is 0 Å². The van der Waals surface area contributed by atoms with Gasteiger partial charge < -0.3 is 15.7 Å². The number of carboxylic acids is 1. The van der Waals surface area contributed by atoms with E-state index in [1.54, 1.807) is 31.3 Å². The van der Waals surface area contributed by atoms with Gasteiger partial charge in [0.15, 0.2) is 0 Å². The van der Waals surface area contributed by atoms with Crippen molar-refractivity contribution in [1.29, 1.82) is 0 Å². The van der Waals surface area contributed by atoms with E-state index in [1.807, 2.05) is 0 Å². The van der Waals surface area contributed by atoms with Gasteiger partial charge in [-0.15, -0.1) is 0 Å². The molecule has 3 N–H and O–H groups in total. The lowest BCUT2D eigenvalue weighted by molar-refractivity contribution is -0.139. The van der Waals surface area contributed by atoms with Crippen molar-refractivity contribution in [2.24, 2.45) is 5.92 Å². The number of anilines is 1. The normalized spacial score (nSPS) is 16.3. The molecule has 0 bridgehead atoms. The highest BCUT2D eigenvalue weighted by molar-refractivity contribution is 5.94. The molecule has 1 aromatic carbocycles. The average Bonchev–Trinajstić information content (AvgIpc) is 2.35. The first-order valence-electron chi connectivity index (χ1n) is 6.43. The van der Waals surface area contributed by atoms with Crippen LogP contribution in [0.5, 0.6) is 0 Å². The van der Waals surface area contributed by atoms with Crippen molar-refractivity contribution in [1.82, 2.24) is 5.32 Å². The van der Waals surface area contributed by atoms with Crippen molar-refractivity contribution in [3.63, 3.8) is 0 Å². The maximum atomic E-state index is 11.4. The number of rotatable bonds is 5.